The van der Waals surface area contributed by atoms with Crippen LogP contribution in [0.1, 0.15) is 29.6 Å². The standard InChI is InChI=1S/C15H15BrFNO3/c16-12-6-9(17)4-5-11(12)14(19)18-7-8-2-1-3-10(8)13(18)15(20)21/h4-6,8,10,13H,1-3,7H2,(H,20,21). The van der Waals surface area contributed by atoms with Gasteiger partial charge in [0.1, 0.15) is 11.9 Å². The molecule has 1 aliphatic heterocycles. The van der Waals surface area contributed by atoms with Crippen molar-refractivity contribution in [2.24, 2.45) is 11.8 Å². The van der Waals surface area contributed by atoms with E-state index in [1.54, 1.807) is 0 Å². The van der Waals surface area contributed by atoms with Crippen molar-refractivity contribution in [1.82, 2.24) is 4.90 Å². The molecule has 1 aromatic rings. The van der Waals surface area contributed by atoms with Crippen LogP contribution in [0.25, 0.3) is 0 Å². The number of carboxylic acids is 1. The molecular weight excluding hydrogens is 341 g/mol. The van der Waals surface area contributed by atoms with Gasteiger partial charge in [-0.15, -0.1) is 0 Å². The molecule has 0 radical (unpaired) electrons. The maximum atomic E-state index is 13.1. The van der Waals surface area contributed by atoms with Crippen molar-refractivity contribution < 1.29 is 19.1 Å². The molecule has 1 heterocycles. The van der Waals surface area contributed by atoms with E-state index in [0.29, 0.717) is 16.6 Å². The quantitative estimate of drug-likeness (QED) is 0.887. The Balaban J connectivity index is 1.91. The lowest BCUT2D eigenvalue weighted by atomic mass is 9.94. The van der Waals surface area contributed by atoms with Crippen LogP contribution in [0.15, 0.2) is 22.7 Å². The molecule has 0 bridgehead atoms. The first-order valence-corrected chi connectivity index (χ1v) is 7.77. The third kappa shape index (κ3) is 2.46. The van der Waals surface area contributed by atoms with Crippen molar-refractivity contribution in [3.8, 4) is 0 Å². The topological polar surface area (TPSA) is 57.6 Å². The van der Waals surface area contributed by atoms with Crippen LogP contribution in [0.2, 0.25) is 0 Å². The number of nitrogens with zero attached hydrogens (tertiary/aromatic N) is 1. The molecule has 1 aliphatic carbocycles. The summed E-state index contributed by atoms with van der Waals surface area (Å²) in [5.41, 5.74) is 0.308. The maximum Gasteiger partial charge on any atom is 0.326 e. The van der Waals surface area contributed by atoms with Crippen molar-refractivity contribution in [2.75, 3.05) is 6.54 Å². The molecule has 2 fully saturated rings. The van der Waals surface area contributed by atoms with Gasteiger partial charge in [-0.3, -0.25) is 4.79 Å². The van der Waals surface area contributed by atoms with Crippen LogP contribution in [0.4, 0.5) is 4.39 Å². The number of halogens is 2. The van der Waals surface area contributed by atoms with Crippen LogP contribution in [0.5, 0.6) is 0 Å². The van der Waals surface area contributed by atoms with Crippen molar-refractivity contribution in [2.45, 2.75) is 25.3 Å². The molecule has 1 amide bonds. The van der Waals surface area contributed by atoms with E-state index in [-0.39, 0.29) is 17.7 Å². The van der Waals surface area contributed by atoms with Gasteiger partial charge in [0.05, 0.1) is 5.56 Å². The zero-order valence-corrected chi connectivity index (χ0v) is 12.8. The minimum absolute atomic E-state index is 0.0469. The molecular formula is C15H15BrFNO3. The first-order valence-electron chi connectivity index (χ1n) is 6.98. The average Bonchev–Trinajstić information content (AvgIpc) is 2.96. The highest BCUT2D eigenvalue weighted by Crippen LogP contribution is 2.43. The van der Waals surface area contributed by atoms with Gasteiger partial charge in [0.15, 0.2) is 0 Å². The Morgan fingerprint density at radius 1 is 1.33 bits per heavy atom. The number of carboxylic acid groups (broad SMARTS) is 1. The molecule has 6 heteroatoms. The molecule has 2 aliphatic rings. The van der Waals surface area contributed by atoms with Gasteiger partial charge in [0.25, 0.3) is 5.91 Å². The highest BCUT2D eigenvalue weighted by Gasteiger charge is 2.49. The Hall–Kier alpha value is -1.43. The highest BCUT2D eigenvalue weighted by molar-refractivity contribution is 9.10. The first kappa shape index (κ1) is 14.5. The minimum atomic E-state index is -0.948. The van der Waals surface area contributed by atoms with E-state index in [4.69, 9.17) is 0 Å². The predicted octanol–water partition coefficient (Wildman–Crippen LogP) is 2.91. The Labute approximate surface area is 130 Å². The molecule has 1 aromatic carbocycles. The van der Waals surface area contributed by atoms with E-state index in [9.17, 15) is 19.1 Å². The average molecular weight is 356 g/mol. The lowest BCUT2D eigenvalue weighted by molar-refractivity contribution is -0.142. The largest absolute Gasteiger partial charge is 0.480 e. The molecule has 4 nitrogen and oxygen atoms in total. The fourth-order valence-corrected chi connectivity index (χ4v) is 4.17. The van der Waals surface area contributed by atoms with E-state index < -0.39 is 17.8 Å². The normalized spacial score (nSPS) is 27.7. The summed E-state index contributed by atoms with van der Waals surface area (Å²) in [6, 6.07) is 3.07. The summed E-state index contributed by atoms with van der Waals surface area (Å²) in [7, 11) is 0. The second-order valence-electron chi connectivity index (χ2n) is 5.72. The molecule has 3 atom stereocenters. The van der Waals surface area contributed by atoms with Gasteiger partial charge in [-0.2, -0.15) is 0 Å². The van der Waals surface area contributed by atoms with Crippen LogP contribution in [-0.4, -0.2) is 34.5 Å². The Morgan fingerprint density at radius 3 is 2.76 bits per heavy atom. The third-order valence-electron chi connectivity index (χ3n) is 4.57. The number of benzene rings is 1. The fourth-order valence-electron chi connectivity index (χ4n) is 3.65. The van der Waals surface area contributed by atoms with Gasteiger partial charge in [-0.05, 0) is 58.8 Å². The second kappa shape index (κ2) is 5.40. The smallest absolute Gasteiger partial charge is 0.326 e. The van der Waals surface area contributed by atoms with Crippen LogP contribution in [0.3, 0.4) is 0 Å². The van der Waals surface area contributed by atoms with Crippen LogP contribution in [-0.2, 0) is 4.79 Å². The number of amides is 1. The van der Waals surface area contributed by atoms with Gasteiger partial charge in [0, 0.05) is 11.0 Å². The molecule has 0 spiro atoms. The molecule has 1 saturated heterocycles. The zero-order valence-electron chi connectivity index (χ0n) is 11.3. The predicted molar refractivity (Wildman–Crippen MR) is 77.4 cm³/mol. The molecule has 112 valence electrons. The first-order chi connectivity index (χ1) is 9.99. The van der Waals surface area contributed by atoms with E-state index in [1.165, 1.54) is 23.1 Å². The third-order valence-corrected chi connectivity index (χ3v) is 5.22. The monoisotopic (exact) mass is 355 g/mol. The Morgan fingerprint density at radius 2 is 2.10 bits per heavy atom. The second-order valence-corrected chi connectivity index (χ2v) is 6.57. The summed E-state index contributed by atoms with van der Waals surface area (Å²) in [6.45, 7) is 0.476. The summed E-state index contributed by atoms with van der Waals surface area (Å²) < 4.78 is 13.5. The molecule has 21 heavy (non-hydrogen) atoms. The van der Waals surface area contributed by atoms with Gasteiger partial charge < -0.3 is 10.0 Å². The maximum absolute atomic E-state index is 13.1. The minimum Gasteiger partial charge on any atom is -0.480 e. The van der Waals surface area contributed by atoms with Gasteiger partial charge in [-0.25, -0.2) is 9.18 Å². The van der Waals surface area contributed by atoms with E-state index in [2.05, 4.69) is 15.9 Å². The molecule has 3 unspecified atom stereocenters. The number of rotatable bonds is 2. The van der Waals surface area contributed by atoms with Crippen molar-refractivity contribution in [3.05, 3.63) is 34.1 Å². The number of carbonyl (C=O) groups excluding carboxylic acids is 1. The molecule has 3 rings (SSSR count). The Bertz CT molecular complexity index is 607. The summed E-state index contributed by atoms with van der Waals surface area (Å²) in [6.07, 6.45) is 2.86. The summed E-state index contributed by atoms with van der Waals surface area (Å²) in [4.78, 5) is 25.6. The van der Waals surface area contributed by atoms with E-state index in [0.717, 1.165) is 19.3 Å². The number of fused-ring (bicyclic) bond motifs is 1. The summed E-state index contributed by atoms with van der Waals surface area (Å²) in [5, 5.41) is 9.47. The van der Waals surface area contributed by atoms with Crippen LogP contribution in [0, 0.1) is 17.7 Å². The summed E-state index contributed by atoms with van der Waals surface area (Å²) >= 11 is 3.18. The number of aliphatic carboxylic acids is 1. The molecule has 1 saturated carbocycles. The van der Waals surface area contributed by atoms with Crippen LogP contribution >= 0.6 is 15.9 Å². The van der Waals surface area contributed by atoms with Crippen LogP contribution < -0.4 is 0 Å². The zero-order chi connectivity index (χ0) is 15.1. The molecule has 1 N–H and O–H groups in total. The Kier molecular flexibility index (Phi) is 3.73. The van der Waals surface area contributed by atoms with E-state index in [1.807, 2.05) is 0 Å². The van der Waals surface area contributed by atoms with Crippen molar-refractivity contribution in [3.63, 3.8) is 0 Å². The SMILES string of the molecule is O=C(O)C1C2CCCC2CN1C(=O)c1ccc(F)cc1Br. The van der Waals surface area contributed by atoms with Crippen molar-refractivity contribution in [1.29, 1.82) is 0 Å². The highest BCUT2D eigenvalue weighted by atomic mass is 79.9. The van der Waals surface area contributed by atoms with Crippen molar-refractivity contribution >= 4 is 27.8 Å². The molecule has 0 aromatic heterocycles. The lowest BCUT2D eigenvalue weighted by Gasteiger charge is -2.24. The fraction of sp³-hybridized carbons (Fsp3) is 0.467. The van der Waals surface area contributed by atoms with Gasteiger partial charge in [0.2, 0.25) is 0 Å². The number of hydrogen-bond donors (Lipinski definition) is 1. The van der Waals surface area contributed by atoms with Gasteiger partial charge >= 0.3 is 5.97 Å². The van der Waals surface area contributed by atoms with Gasteiger partial charge in [-0.1, -0.05) is 6.42 Å². The number of carbonyl (C=O) groups is 2. The number of hydrogen-bond acceptors (Lipinski definition) is 2. The van der Waals surface area contributed by atoms with E-state index >= 15 is 0 Å². The number of likely N-dealkylation sites (tertiary alicyclic amines) is 1. The lowest BCUT2D eigenvalue weighted by Crippen LogP contribution is -2.43. The summed E-state index contributed by atoms with van der Waals surface area (Å²) in [5.74, 6) is -1.41.